The van der Waals surface area contributed by atoms with Crippen LogP contribution in [0.2, 0.25) is 0 Å². The minimum atomic E-state index is -3.20. The molecule has 3 N–H and O–H groups in total. The second kappa shape index (κ2) is 7.53. The number of piperidine rings is 1. The van der Waals surface area contributed by atoms with Crippen LogP contribution in [0.15, 0.2) is 30.3 Å². The van der Waals surface area contributed by atoms with Crippen LogP contribution in [0.1, 0.15) is 41.9 Å². The van der Waals surface area contributed by atoms with Gasteiger partial charge in [-0.3, -0.25) is 9.89 Å². The molecule has 10 heteroatoms. The van der Waals surface area contributed by atoms with Gasteiger partial charge >= 0.3 is 0 Å². The summed E-state index contributed by atoms with van der Waals surface area (Å²) in [5.74, 6) is -0.111. The fourth-order valence-electron chi connectivity index (χ4n) is 3.70. The van der Waals surface area contributed by atoms with Crippen molar-refractivity contribution in [2.24, 2.45) is 5.73 Å². The maximum atomic E-state index is 12.1. The molecule has 4 rings (SSSR count). The van der Waals surface area contributed by atoms with Crippen LogP contribution >= 0.6 is 0 Å². The van der Waals surface area contributed by atoms with Gasteiger partial charge in [-0.1, -0.05) is 30.3 Å². The van der Waals surface area contributed by atoms with Crippen LogP contribution in [0, 0.1) is 0 Å². The normalized spacial score (nSPS) is 16.3. The van der Waals surface area contributed by atoms with Gasteiger partial charge in [-0.05, 0) is 19.8 Å². The van der Waals surface area contributed by atoms with Crippen LogP contribution in [-0.2, 0) is 10.0 Å². The molecule has 152 valence electrons. The Balaban J connectivity index is 1.73. The number of hydrogen-bond acceptors (Lipinski definition) is 6. The molecular weight excluding hydrogens is 392 g/mol. The van der Waals surface area contributed by atoms with E-state index in [1.165, 1.54) is 4.31 Å². The van der Waals surface area contributed by atoms with Gasteiger partial charge in [0.25, 0.3) is 5.91 Å². The summed E-state index contributed by atoms with van der Waals surface area (Å²) < 4.78 is 25.8. The summed E-state index contributed by atoms with van der Waals surface area (Å²) in [5.41, 5.74) is 8.07. The number of sulfonamides is 1. The Kier molecular flexibility index (Phi) is 5.05. The molecule has 0 radical (unpaired) electrons. The summed E-state index contributed by atoms with van der Waals surface area (Å²) in [7, 11) is -3.20. The second-order valence-electron chi connectivity index (χ2n) is 7.03. The van der Waals surface area contributed by atoms with Crippen molar-refractivity contribution in [3.63, 3.8) is 0 Å². The number of aromatic nitrogens is 4. The van der Waals surface area contributed by atoms with Crippen LogP contribution in [0.4, 0.5) is 0 Å². The third-order valence-electron chi connectivity index (χ3n) is 5.31. The number of aromatic amines is 1. The van der Waals surface area contributed by atoms with E-state index in [1.54, 1.807) is 6.92 Å². The average Bonchev–Trinajstić information content (AvgIpc) is 3.17. The lowest BCUT2D eigenvalue weighted by Gasteiger charge is -2.30. The number of hydrogen-bond donors (Lipinski definition) is 2. The predicted molar refractivity (Wildman–Crippen MR) is 109 cm³/mol. The highest BCUT2D eigenvalue weighted by molar-refractivity contribution is 7.89. The van der Waals surface area contributed by atoms with Gasteiger partial charge in [0.15, 0.2) is 11.5 Å². The van der Waals surface area contributed by atoms with E-state index in [0.29, 0.717) is 42.8 Å². The van der Waals surface area contributed by atoms with Crippen LogP contribution in [0.5, 0.6) is 0 Å². The van der Waals surface area contributed by atoms with Crippen molar-refractivity contribution < 1.29 is 13.2 Å². The molecule has 1 aliphatic heterocycles. The number of fused-ring (bicyclic) bond motifs is 1. The molecule has 1 aliphatic rings. The highest BCUT2D eigenvalue weighted by atomic mass is 32.2. The van der Waals surface area contributed by atoms with Gasteiger partial charge < -0.3 is 5.73 Å². The second-order valence-corrected chi connectivity index (χ2v) is 9.29. The van der Waals surface area contributed by atoms with Crippen molar-refractivity contribution in [2.45, 2.75) is 25.7 Å². The van der Waals surface area contributed by atoms with Gasteiger partial charge in [0.05, 0.1) is 11.4 Å². The Morgan fingerprint density at radius 1 is 1.17 bits per heavy atom. The van der Waals surface area contributed by atoms with Crippen molar-refractivity contribution in [1.82, 2.24) is 24.5 Å². The molecule has 0 spiro atoms. The summed E-state index contributed by atoms with van der Waals surface area (Å²) in [4.78, 5) is 21.0. The molecule has 29 heavy (non-hydrogen) atoms. The molecule has 0 saturated carbocycles. The number of benzene rings is 1. The minimum absolute atomic E-state index is 0.0579. The van der Waals surface area contributed by atoms with E-state index in [4.69, 9.17) is 5.73 Å². The monoisotopic (exact) mass is 414 g/mol. The lowest BCUT2D eigenvalue weighted by Crippen LogP contribution is -2.38. The van der Waals surface area contributed by atoms with Crippen LogP contribution in [0.3, 0.4) is 0 Å². The minimum Gasteiger partial charge on any atom is -0.364 e. The molecule has 0 aliphatic carbocycles. The summed E-state index contributed by atoms with van der Waals surface area (Å²) in [6.45, 7) is 2.54. The standard InChI is InChI=1S/C19H22N6O3S/c1-2-29(27,28)25-10-8-12(9-11-25)14-15-16(24-23-14)17(18(20)26)22-19(21-15)13-6-4-3-5-7-13/h3-7,12H,2,8-11H2,1H3,(H2,20,26)(H,23,24). The number of amides is 1. The number of nitrogens with zero attached hydrogens (tertiary/aromatic N) is 4. The number of H-pyrrole nitrogens is 1. The first-order chi connectivity index (χ1) is 13.9. The quantitative estimate of drug-likeness (QED) is 0.652. The van der Waals surface area contributed by atoms with E-state index in [-0.39, 0.29) is 17.4 Å². The fourth-order valence-corrected chi connectivity index (χ4v) is 4.83. The summed E-state index contributed by atoms with van der Waals surface area (Å²) >= 11 is 0. The molecule has 0 bridgehead atoms. The Morgan fingerprint density at radius 3 is 2.48 bits per heavy atom. The predicted octanol–water partition coefficient (Wildman–Crippen LogP) is 1.65. The number of carbonyl (C=O) groups excluding carboxylic acids is 1. The summed E-state index contributed by atoms with van der Waals surface area (Å²) in [6, 6.07) is 9.35. The Hall–Kier alpha value is -2.85. The number of nitrogens with two attached hydrogens (primary N) is 1. The SMILES string of the molecule is CCS(=O)(=O)N1CCC(c2[nH]nc3c(C(N)=O)nc(-c4ccccc4)nc23)CC1. The van der Waals surface area contributed by atoms with E-state index in [2.05, 4.69) is 20.2 Å². The van der Waals surface area contributed by atoms with Crippen LogP contribution in [0.25, 0.3) is 22.4 Å². The maximum Gasteiger partial charge on any atom is 0.269 e. The molecule has 1 fully saturated rings. The zero-order valence-electron chi connectivity index (χ0n) is 16.0. The maximum absolute atomic E-state index is 12.1. The Bertz CT molecular complexity index is 1150. The third-order valence-corrected chi connectivity index (χ3v) is 7.19. The molecule has 0 unspecified atom stereocenters. The molecule has 1 aromatic carbocycles. The Labute approximate surface area is 168 Å². The van der Waals surface area contributed by atoms with E-state index >= 15 is 0 Å². The first-order valence-corrected chi connectivity index (χ1v) is 11.1. The van der Waals surface area contributed by atoms with E-state index in [0.717, 1.165) is 11.3 Å². The summed E-state index contributed by atoms with van der Waals surface area (Å²) in [5, 5.41) is 7.25. The lowest BCUT2D eigenvalue weighted by atomic mass is 9.94. The van der Waals surface area contributed by atoms with Gasteiger partial charge in [-0.2, -0.15) is 5.10 Å². The number of carbonyl (C=O) groups is 1. The molecule has 3 aromatic rings. The van der Waals surface area contributed by atoms with E-state index in [1.807, 2.05) is 30.3 Å². The van der Waals surface area contributed by atoms with Crippen LogP contribution < -0.4 is 5.73 Å². The van der Waals surface area contributed by atoms with E-state index in [9.17, 15) is 13.2 Å². The molecule has 0 atom stereocenters. The first-order valence-electron chi connectivity index (χ1n) is 9.49. The molecular formula is C19H22N6O3S. The van der Waals surface area contributed by atoms with Crippen molar-refractivity contribution >= 4 is 27.0 Å². The topological polar surface area (TPSA) is 135 Å². The van der Waals surface area contributed by atoms with Crippen molar-refractivity contribution in [3.8, 4) is 11.4 Å². The highest BCUT2D eigenvalue weighted by Crippen LogP contribution is 2.33. The van der Waals surface area contributed by atoms with Gasteiger partial charge in [0.2, 0.25) is 10.0 Å². The molecule has 9 nitrogen and oxygen atoms in total. The van der Waals surface area contributed by atoms with Gasteiger partial charge in [0.1, 0.15) is 11.0 Å². The zero-order chi connectivity index (χ0) is 20.6. The first kappa shape index (κ1) is 19.5. The molecule has 2 aromatic heterocycles. The van der Waals surface area contributed by atoms with Gasteiger partial charge in [-0.25, -0.2) is 22.7 Å². The Morgan fingerprint density at radius 2 is 1.86 bits per heavy atom. The number of rotatable bonds is 5. The molecule has 1 amide bonds. The number of primary amides is 1. The summed E-state index contributed by atoms with van der Waals surface area (Å²) in [6.07, 6.45) is 1.29. The van der Waals surface area contributed by atoms with E-state index < -0.39 is 15.9 Å². The number of nitrogens with one attached hydrogen (secondary N) is 1. The van der Waals surface area contributed by atoms with Crippen molar-refractivity contribution in [1.29, 1.82) is 0 Å². The van der Waals surface area contributed by atoms with Crippen molar-refractivity contribution in [3.05, 3.63) is 41.7 Å². The average molecular weight is 414 g/mol. The van der Waals surface area contributed by atoms with Crippen LogP contribution in [-0.4, -0.2) is 57.6 Å². The largest absolute Gasteiger partial charge is 0.364 e. The smallest absolute Gasteiger partial charge is 0.269 e. The third kappa shape index (κ3) is 3.60. The molecule has 3 heterocycles. The lowest BCUT2D eigenvalue weighted by molar-refractivity contribution is 0.0997. The van der Waals surface area contributed by atoms with Gasteiger partial charge in [-0.15, -0.1) is 0 Å². The fraction of sp³-hybridized carbons (Fsp3) is 0.368. The van der Waals surface area contributed by atoms with Gasteiger partial charge in [0, 0.05) is 24.6 Å². The van der Waals surface area contributed by atoms with Crippen molar-refractivity contribution in [2.75, 3.05) is 18.8 Å². The molecule has 1 saturated heterocycles. The zero-order valence-corrected chi connectivity index (χ0v) is 16.8. The highest BCUT2D eigenvalue weighted by Gasteiger charge is 2.30.